The number of aliphatic imine (C=N–C) groups is 1. The Labute approximate surface area is 92.6 Å². The molecule has 0 saturated heterocycles. The van der Waals surface area contributed by atoms with Crippen LogP contribution in [0.2, 0.25) is 0 Å². The largest absolute Gasteiger partial charge is 0.478 e. The molecule has 1 N–H and O–H groups in total. The highest BCUT2D eigenvalue weighted by Crippen LogP contribution is 2.49. The zero-order chi connectivity index (χ0) is 11.8. The van der Waals surface area contributed by atoms with Crippen LogP contribution in [0.1, 0.15) is 34.3 Å². The van der Waals surface area contributed by atoms with Crippen LogP contribution in [-0.2, 0) is 10.3 Å². The number of aromatic carboxylic acids is 1. The van der Waals surface area contributed by atoms with Gasteiger partial charge < -0.3 is 5.11 Å². The number of isocyanates is 1. The molecule has 0 radical (unpaired) electrons. The normalized spacial score (nSPS) is 16.3. The van der Waals surface area contributed by atoms with Crippen molar-refractivity contribution in [3.05, 3.63) is 34.9 Å². The van der Waals surface area contributed by atoms with Crippen molar-refractivity contribution in [3.63, 3.8) is 0 Å². The van der Waals surface area contributed by atoms with Gasteiger partial charge in [-0.1, -0.05) is 12.1 Å². The maximum Gasteiger partial charge on any atom is 0.335 e. The maximum atomic E-state index is 11.0. The number of rotatable bonds is 3. The third-order valence-electron chi connectivity index (χ3n) is 2.99. The summed E-state index contributed by atoms with van der Waals surface area (Å²) < 4.78 is 0. The lowest BCUT2D eigenvalue weighted by Crippen LogP contribution is -2.06. The number of nitrogens with zero attached hydrogens (tertiary/aromatic N) is 1. The number of carboxylic acid groups (broad SMARTS) is 1. The molecule has 1 aliphatic carbocycles. The van der Waals surface area contributed by atoms with Crippen LogP contribution in [0.4, 0.5) is 0 Å². The Hall–Kier alpha value is -1.93. The highest BCUT2D eigenvalue weighted by Gasteiger charge is 2.45. The summed E-state index contributed by atoms with van der Waals surface area (Å²) in [6, 6.07) is 5.18. The zero-order valence-electron chi connectivity index (χ0n) is 8.86. The molecule has 0 bridgehead atoms. The molecule has 82 valence electrons. The molecule has 0 spiro atoms. The van der Waals surface area contributed by atoms with E-state index in [9.17, 15) is 9.59 Å². The van der Waals surface area contributed by atoms with Crippen molar-refractivity contribution in [2.75, 3.05) is 0 Å². The van der Waals surface area contributed by atoms with E-state index in [4.69, 9.17) is 5.11 Å². The van der Waals surface area contributed by atoms with Gasteiger partial charge in [-0.3, -0.25) is 0 Å². The molecule has 4 heteroatoms. The first-order chi connectivity index (χ1) is 7.59. The Kier molecular flexibility index (Phi) is 2.37. The lowest BCUT2D eigenvalue weighted by Gasteiger charge is -2.10. The van der Waals surface area contributed by atoms with E-state index in [2.05, 4.69) is 4.99 Å². The van der Waals surface area contributed by atoms with E-state index in [-0.39, 0.29) is 5.56 Å². The minimum absolute atomic E-state index is 0.268. The summed E-state index contributed by atoms with van der Waals surface area (Å²) in [5.74, 6) is -0.953. The van der Waals surface area contributed by atoms with E-state index < -0.39 is 11.5 Å². The first kappa shape index (κ1) is 10.6. The summed E-state index contributed by atoms with van der Waals surface area (Å²) in [4.78, 5) is 25.1. The molecule has 16 heavy (non-hydrogen) atoms. The molecule has 0 unspecified atom stereocenters. The fourth-order valence-corrected chi connectivity index (χ4v) is 1.81. The smallest absolute Gasteiger partial charge is 0.335 e. The average molecular weight is 217 g/mol. The third kappa shape index (κ3) is 1.64. The summed E-state index contributed by atoms with van der Waals surface area (Å²) in [6.07, 6.45) is 3.12. The quantitative estimate of drug-likeness (QED) is 0.622. The summed E-state index contributed by atoms with van der Waals surface area (Å²) in [5.41, 5.74) is 1.27. The van der Waals surface area contributed by atoms with E-state index in [0.717, 1.165) is 18.4 Å². The highest BCUT2D eigenvalue weighted by molar-refractivity contribution is 5.89. The molecule has 0 atom stereocenters. The van der Waals surface area contributed by atoms with Crippen LogP contribution in [-0.4, -0.2) is 17.2 Å². The van der Waals surface area contributed by atoms with Gasteiger partial charge in [0.15, 0.2) is 0 Å². The maximum absolute atomic E-state index is 11.0. The van der Waals surface area contributed by atoms with E-state index in [1.807, 2.05) is 6.07 Å². The first-order valence-corrected chi connectivity index (χ1v) is 5.02. The van der Waals surface area contributed by atoms with Crippen LogP contribution in [0.15, 0.2) is 23.2 Å². The predicted molar refractivity (Wildman–Crippen MR) is 57.2 cm³/mol. The van der Waals surface area contributed by atoms with E-state index in [1.54, 1.807) is 25.1 Å². The third-order valence-corrected chi connectivity index (χ3v) is 2.99. The summed E-state index contributed by atoms with van der Waals surface area (Å²) in [7, 11) is 0. The van der Waals surface area contributed by atoms with Gasteiger partial charge in [-0.05, 0) is 37.0 Å². The monoisotopic (exact) mass is 217 g/mol. The molecular weight excluding hydrogens is 206 g/mol. The van der Waals surface area contributed by atoms with Crippen molar-refractivity contribution in [2.45, 2.75) is 25.3 Å². The van der Waals surface area contributed by atoms with Crippen LogP contribution in [0, 0.1) is 6.92 Å². The van der Waals surface area contributed by atoms with Crippen molar-refractivity contribution in [3.8, 4) is 0 Å². The first-order valence-electron chi connectivity index (χ1n) is 5.02. The second kappa shape index (κ2) is 3.58. The van der Waals surface area contributed by atoms with Crippen molar-refractivity contribution < 1.29 is 14.7 Å². The summed E-state index contributed by atoms with van der Waals surface area (Å²) >= 11 is 0. The molecule has 0 amide bonds. The van der Waals surface area contributed by atoms with Gasteiger partial charge in [0, 0.05) is 0 Å². The van der Waals surface area contributed by atoms with Gasteiger partial charge in [-0.2, -0.15) is 4.99 Å². The standard InChI is InChI=1S/C12H11NO3/c1-8-2-3-9(6-10(8)11(15)16)12(4-5-12)13-7-14/h2-3,6H,4-5H2,1H3,(H,15,16). The van der Waals surface area contributed by atoms with E-state index in [1.165, 1.54) is 0 Å². The Morgan fingerprint density at radius 1 is 1.50 bits per heavy atom. The highest BCUT2D eigenvalue weighted by atomic mass is 16.4. The lowest BCUT2D eigenvalue weighted by atomic mass is 9.99. The average Bonchev–Trinajstić information content (AvgIpc) is 2.99. The van der Waals surface area contributed by atoms with E-state index in [0.29, 0.717) is 5.56 Å². The summed E-state index contributed by atoms with van der Waals surface area (Å²) in [6.45, 7) is 1.75. The lowest BCUT2D eigenvalue weighted by molar-refractivity contribution is 0.0696. The van der Waals surface area contributed by atoms with Gasteiger partial charge in [0.1, 0.15) is 0 Å². The number of carbonyl (C=O) groups excluding carboxylic acids is 1. The van der Waals surface area contributed by atoms with Crippen LogP contribution < -0.4 is 0 Å². The van der Waals surface area contributed by atoms with Crippen LogP contribution in [0.5, 0.6) is 0 Å². The number of benzene rings is 1. The second-order valence-electron chi connectivity index (χ2n) is 4.07. The topological polar surface area (TPSA) is 66.7 Å². The zero-order valence-corrected chi connectivity index (χ0v) is 8.86. The van der Waals surface area contributed by atoms with Gasteiger partial charge in [0.05, 0.1) is 11.1 Å². The Balaban J connectivity index is 2.48. The molecule has 0 aromatic heterocycles. The van der Waals surface area contributed by atoms with Crippen LogP contribution in [0.3, 0.4) is 0 Å². The molecule has 4 nitrogen and oxygen atoms in total. The van der Waals surface area contributed by atoms with Crippen molar-refractivity contribution in [1.82, 2.24) is 0 Å². The fourth-order valence-electron chi connectivity index (χ4n) is 1.81. The second-order valence-corrected chi connectivity index (χ2v) is 4.07. The van der Waals surface area contributed by atoms with Gasteiger partial charge in [-0.15, -0.1) is 0 Å². The molecule has 1 aromatic carbocycles. The van der Waals surface area contributed by atoms with Crippen molar-refractivity contribution in [2.24, 2.45) is 4.99 Å². The fraction of sp³-hybridized carbons (Fsp3) is 0.333. The van der Waals surface area contributed by atoms with Crippen molar-refractivity contribution in [1.29, 1.82) is 0 Å². The molecule has 0 heterocycles. The molecule has 1 aliphatic rings. The molecule has 1 fully saturated rings. The molecule has 0 aliphatic heterocycles. The number of hydrogen-bond donors (Lipinski definition) is 1. The van der Waals surface area contributed by atoms with Gasteiger partial charge >= 0.3 is 5.97 Å². The number of carbonyl (C=O) groups is 1. The predicted octanol–water partition coefficient (Wildman–Crippen LogP) is 2.02. The number of carboxylic acids is 1. The van der Waals surface area contributed by atoms with Crippen LogP contribution in [0.25, 0.3) is 0 Å². The van der Waals surface area contributed by atoms with Gasteiger partial charge in [0.25, 0.3) is 0 Å². The Morgan fingerprint density at radius 3 is 2.69 bits per heavy atom. The number of hydrogen-bond acceptors (Lipinski definition) is 3. The van der Waals surface area contributed by atoms with E-state index >= 15 is 0 Å². The van der Waals surface area contributed by atoms with Crippen molar-refractivity contribution >= 4 is 12.0 Å². The Morgan fingerprint density at radius 2 is 2.19 bits per heavy atom. The molecule has 1 saturated carbocycles. The van der Waals surface area contributed by atoms with Gasteiger partial charge in [-0.25, -0.2) is 9.59 Å². The SMILES string of the molecule is Cc1ccc(C2(N=C=O)CC2)cc1C(=O)O. The Bertz CT molecular complexity index is 497. The molecule has 1 aromatic rings. The minimum Gasteiger partial charge on any atom is -0.478 e. The molecule has 2 rings (SSSR count). The summed E-state index contributed by atoms with van der Waals surface area (Å²) in [5, 5.41) is 9.00. The molecular formula is C12H11NO3. The number of aryl methyl sites for hydroxylation is 1. The van der Waals surface area contributed by atoms with Crippen LogP contribution >= 0.6 is 0 Å². The van der Waals surface area contributed by atoms with Gasteiger partial charge in [0.2, 0.25) is 6.08 Å². The minimum atomic E-state index is -0.953.